The van der Waals surface area contributed by atoms with Gasteiger partial charge in [-0.05, 0) is 30.3 Å². The Labute approximate surface area is 208 Å². The summed E-state index contributed by atoms with van der Waals surface area (Å²) in [6.07, 6.45) is -2.61. The number of nitrogens with zero attached hydrogens (tertiary/aromatic N) is 5. The number of nitrogens with one attached hydrogen (secondary N) is 1. The third kappa shape index (κ3) is 6.16. The number of carbonyl (C=O) groups excluding carboxylic acids is 1. The Hall–Kier alpha value is -4.60. The minimum absolute atomic E-state index is 0.127. The molecule has 0 atom stereocenters. The van der Waals surface area contributed by atoms with E-state index in [1.54, 1.807) is 46.4 Å². The molecular weight excluding hydrogens is 493 g/mol. The van der Waals surface area contributed by atoms with Gasteiger partial charge in [0.15, 0.2) is 11.3 Å². The molecule has 1 N–H and O–H groups in total. The van der Waals surface area contributed by atoms with Gasteiger partial charge in [0.05, 0.1) is 11.8 Å². The zero-order valence-electron chi connectivity index (χ0n) is 19.4. The quantitative estimate of drug-likeness (QED) is 0.477. The van der Waals surface area contributed by atoms with Crippen LogP contribution in [0.1, 0.15) is 21.5 Å². The number of hydrogen-bond donors (Lipinski definition) is 1. The lowest BCUT2D eigenvalue weighted by Gasteiger charge is -2.35. The third-order valence-corrected chi connectivity index (χ3v) is 5.56. The molecule has 1 aliphatic rings. The summed E-state index contributed by atoms with van der Waals surface area (Å²) >= 11 is 0. The molecule has 0 spiro atoms. The number of carbonyl (C=O) groups is 1. The summed E-state index contributed by atoms with van der Waals surface area (Å²) in [5, 5.41) is 14.0. The Balaban J connectivity index is 1.30. The van der Waals surface area contributed by atoms with Crippen molar-refractivity contribution >= 4 is 11.7 Å². The zero-order valence-corrected chi connectivity index (χ0v) is 19.4. The average Bonchev–Trinajstić information content (AvgIpc) is 2.90. The van der Waals surface area contributed by atoms with Crippen LogP contribution in [-0.4, -0.2) is 65.4 Å². The maximum Gasteiger partial charge on any atom is 0.425 e. The highest BCUT2D eigenvalue weighted by Gasteiger charge is 2.38. The Morgan fingerprint density at radius 3 is 2.51 bits per heavy atom. The number of halogens is 3. The number of hydrogen-bond acceptors (Lipinski definition) is 8. The molecule has 1 fully saturated rings. The van der Waals surface area contributed by atoms with Crippen molar-refractivity contribution in [3.05, 3.63) is 75.8 Å². The summed E-state index contributed by atoms with van der Waals surface area (Å²) in [5.74, 6) is 0.203. The molecule has 37 heavy (non-hydrogen) atoms. The van der Waals surface area contributed by atoms with Gasteiger partial charge < -0.3 is 19.3 Å². The van der Waals surface area contributed by atoms with Crippen LogP contribution in [0.15, 0.2) is 53.6 Å². The number of alkyl halides is 3. The van der Waals surface area contributed by atoms with Gasteiger partial charge in [-0.25, -0.2) is 10.1 Å². The van der Waals surface area contributed by atoms with Gasteiger partial charge in [0.1, 0.15) is 30.9 Å². The van der Waals surface area contributed by atoms with E-state index in [9.17, 15) is 22.8 Å². The maximum absolute atomic E-state index is 13.1. The molecule has 3 heterocycles. The molecule has 2 aromatic heterocycles. The van der Waals surface area contributed by atoms with Crippen LogP contribution in [0.4, 0.5) is 19.0 Å². The predicted octanol–water partition coefficient (Wildman–Crippen LogP) is 2.48. The summed E-state index contributed by atoms with van der Waals surface area (Å²) in [6.45, 7) is 1.71. The van der Waals surface area contributed by atoms with E-state index >= 15 is 0 Å². The standard InChI is InChI=1S/C24H21F3N6O4/c25-24(26,27)21-19(15-30-31-22(21)34)37-11-10-36-18-3-1-2-17(12-18)23(35)33-8-6-32(7-9-33)20-5-4-16(13-28)14-29-20/h1-5,12,14-15H,6-11H2,(H,31,34). The van der Waals surface area contributed by atoms with Crippen molar-refractivity contribution in [2.75, 3.05) is 44.3 Å². The van der Waals surface area contributed by atoms with Crippen molar-refractivity contribution in [2.24, 2.45) is 0 Å². The summed E-state index contributed by atoms with van der Waals surface area (Å²) in [7, 11) is 0. The molecule has 1 amide bonds. The molecule has 0 saturated carbocycles. The van der Waals surface area contributed by atoms with Crippen molar-refractivity contribution in [3.63, 3.8) is 0 Å². The molecule has 13 heteroatoms. The lowest BCUT2D eigenvalue weighted by Crippen LogP contribution is -2.49. The number of aromatic nitrogens is 3. The van der Waals surface area contributed by atoms with Gasteiger partial charge in [-0.2, -0.15) is 23.5 Å². The molecule has 0 unspecified atom stereocenters. The lowest BCUT2D eigenvalue weighted by molar-refractivity contribution is -0.140. The number of nitriles is 1. The van der Waals surface area contributed by atoms with E-state index in [1.807, 2.05) is 11.0 Å². The van der Waals surface area contributed by atoms with Crippen LogP contribution in [0.2, 0.25) is 0 Å². The number of anilines is 1. The second-order valence-electron chi connectivity index (χ2n) is 7.96. The van der Waals surface area contributed by atoms with E-state index in [0.717, 1.165) is 12.0 Å². The van der Waals surface area contributed by atoms with Crippen LogP contribution >= 0.6 is 0 Å². The van der Waals surface area contributed by atoms with Crippen molar-refractivity contribution < 1.29 is 27.4 Å². The fraction of sp³-hybridized carbons (Fsp3) is 0.292. The normalized spacial score (nSPS) is 13.7. The van der Waals surface area contributed by atoms with Crippen molar-refractivity contribution in [1.82, 2.24) is 20.1 Å². The van der Waals surface area contributed by atoms with Gasteiger partial charge in [0.25, 0.3) is 11.5 Å². The molecule has 1 aliphatic heterocycles. The van der Waals surface area contributed by atoms with Gasteiger partial charge in [-0.3, -0.25) is 9.59 Å². The van der Waals surface area contributed by atoms with E-state index in [1.165, 1.54) is 6.20 Å². The summed E-state index contributed by atoms with van der Waals surface area (Å²) in [5.41, 5.74) is -1.98. The third-order valence-electron chi connectivity index (χ3n) is 5.56. The first-order chi connectivity index (χ1) is 17.8. The first-order valence-electron chi connectivity index (χ1n) is 11.2. The lowest BCUT2D eigenvalue weighted by atomic mass is 10.1. The second kappa shape index (κ2) is 11.0. The Morgan fingerprint density at radius 2 is 1.84 bits per heavy atom. The summed E-state index contributed by atoms with van der Waals surface area (Å²) in [6, 6.07) is 12.0. The number of benzene rings is 1. The highest BCUT2D eigenvalue weighted by Crippen LogP contribution is 2.32. The van der Waals surface area contributed by atoms with E-state index in [-0.39, 0.29) is 19.1 Å². The van der Waals surface area contributed by atoms with E-state index in [4.69, 9.17) is 14.7 Å². The maximum atomic E-state index is 13.1. The molecule has 10 nitrogen and oxygen atoms in total. The predicted molar refractivity (Wildman–Crippen MR) is 124 cm³/mol. The van der Waals surface area contributed by atoms with Crippen molar-refractivity contribution in [1.29, 1.82) is 5.26 Å². The monoisotopic (exact) mass is 514 g/mol. The Kier molecular flexibility index (Phi) is 7.57. The topological polar surface area (TPSA) is 124 Å². The first-order valence-corrected chi connectivity index (χ1v) is 11.2. The zero-order chi connectivity index (χ0) is 26.4. The minimum Gasteiger partial charge on any atom is -0.490 e. The van der Waals surface area contributed by atoms with Gasteiger partial charge in [-0.1, -0.05) is 6.07 Å². The van der Waals surface area contributed by atoms with Crippen LogP contribution in [0.3, 0.4) is 0 Å². The number of ether oxygens (including phenoxy) is 2. The second-order valence-corrected chi connectivity index (χ2v) is 7.96. The number of rotatable bonds is 7. The highest BCUT2D eigenvalue weighted by molar-refractivity contribution is 5.94. The average molecular weight is 514 g/mol. The van der Waals surface area contributed by atoms with Crippen LogP contribution in [0.5, 0.6) is 11.5 Å². The summed E-state index contributed by atoms with van der Waals surface area (Å²) < 4.78 is 49.8. The van der Waals surface area contributed by atoms with Gasteiger partial charge in [0.2, 0.25) is 0 Å². The molecule has 4 rings (SSSR count). The summed E-state index contributed by atoms with van der Waals surface area (Å²) in [4.78, 5) is 32.5. The molecule has 0 radical (unpaired) electrons. The van der Waals surface area contributed by atoms with Gasteiger partial charge in [-0.15, -0.1) is 0 Å². The van der Waals surface area contributed by atoms with Crippen LogP contribution in [0.25, 0.3) is 0 Å². The highest BCUT2D eigenvalue weighted by atomic mass is 19.4. The number of piperazine rings is 1. The largest absolute Gasteiger partial charge is 0.490 e. The van der Waals surface area contributed by atoms with Crippen LogP contribution < -0.4 is 19.9 Å². The van der Waals surface area contributed by atoms with Crippen molar-refractivity contribution in [3.8, 4) is 17.6 Å². The number of pyridine rings is 1. The number of amides is 1. The Bertz CT molecular complexity index is 1350. The van der Waals surface area contributed by atoms with E-state index < -0.39 is 23.0 Å². The molecular formula is C24H21F3N6O4. The number of H-pyrrole nitrogens is 1. The van der Waals surface area contributed by atoms with Crippen molar-refractivity contribution in [2.45, 2.75) is 6.18 Å². The molecule has 1 saturated heterocycles. The van der Waals surface area contributed by atoms with E-state index in [0.29, 0.717) is 43.1 Å². The fourth-order valence-electron chi connectivity index (χ4n) is 3.75. The molecule has 3 aromatic rings. The smallest absolute Gasteiger partial charge is 0.425 e. The number of aromatic amines is 1. The molecule has 0 bridgehead atoms. The first kappa shape index (κ1) is 25.5. The minimum atomic E-state index is -4.90. The van der Waals surface area contributed by atoms with Gasteiger partial charge in [0, 0.05) is 37.9 Å². The molecule has 1 aromatic carbocycles. The Morgan fingerprint density at radius 1 is 1.08 bits per heavy atom. The van der Waals surface area contributed by atoms with E-state index in [2.05, 4.69) is 10.1 Å². The SMILES string of the molecule is N#Cc1ccc(N2CCN(C(=O)c3cccc(OCCOc4cn[nH]c(=O)c4C(F)(F)F)c3)CC2)nc1. The fourth-order valence-corrected chi connectivity index (χ4v) is 3.75. The van der Waals surface area contributed by atoms with Crippen LogP contribution in [-0.2, 0) is 6.18 Å². The molecule has 192 valence electrons. The molecule has 0 aliphatic carbocycles. The van der Waals surface area contributed by atoms with Gasteiger partial charge >= 0.3 is 6.18 Å². The van der Waals surface area contributed by atoms with Crippen LogP contribution in [0, 0.1) is 11.3 Å².